The smallest absolute Gasteiger partial charge is 0.256 e. The van der Waals surface area contributed by atoms with E-state index in [2.05, 4.69) is 15.3 Å². The van der Waals surface area contributed by atoms with Gasteiger partial charge in [-0.2, -0.15) is 0 Å². The van der Waals surface area contributed by atoms with Crippen molar-refractivity contribution in [1.82, 2.24) is 19.9 Å². The van der Waals surface area contributed by atoms with Crippen LogP contribution in [0.2, 0.25) is 5.02 Å². The molecule has 112 valence electrons. The highest BCUT2D eigenvalue weighted by Crippen LogP contribution is 2.14. The molecule has 2 heterocycles. The molecule has 0 atom stereocenters. The number of nitrogens with zero attached hydrogens (tertiary/aromatic N) is 2. The Morgan fingerprint density at radius 2 is 2.27 bits per heavy atom. The van der Waals surface area contributed by atoms with E-state index >= 15 is 0 Å². The average molecular weight is 317 g/mol. The number of aromatic amines is 1. The lowest BCUT2D eigenvalue weighted by Crippen LogP contribution is -2.31. The SMILES string of the molecule is O=C(NCCn1ccnc1)c1c[nH]c2cc(Cl)ccc2c1=O. The number of carbonyl (C=O) groups is 1. The number of fused-ring (bicyclic) bond motifs is 1. The van der Waals surface area contributed by atoms with Gasteiger partial charge in [-0.15, -0.1) is 0 Å². The summed E-state index contributed by atoms with van der Waals surface area (Å²) in [5.41, 5.74) is 0.374. The summed E-state index contributed by atoms with van der Waals surface area (Å²) in [4.78, 5) is 31.3. The number of aromatic nitrogens is 3. The predicted molar refractivity (Wildman–Crippen MR) is 84.1 cm³/mol. The summed E-state index contributed by atoms with van der Waals surface area (Å²) in [6, 6.07) is 4.89. The van der Waals surface area contributed by atoms with Crippen LogP contribution >= 0.6 is 11.6 Å². The quantitative estimate of drug-likeness (QED) is 0.770. The Labute approximate surface area is 130 Å². The molecule has 2 aromatic heterocycles. The van der Waals surface area contributed by atoms with E-state index in [-0.39, 0.29) is 11.0 Å². The first-order chi connectivity index (χ1) is 10.6. The summed E-state index contributed by atoms with van der Waals surface area (Å²) in [7, 11) is 0. The highest BCUT2D eigenvalue weighted by molar-refractivity contribution is 6.31. The molecule has 0 aliphatic rings. The zero-order valence-electron chi connectivity index (χ0n) is 11.5. The molecule has 0 aliphatic carbocycles. The van der Waals surface area contributed by atoms with E-state index in [1.165, 1.54) is 6.20 Å². The van der Waals surface area contributed by atoms with Crippen molar-refractivity contribution in [2.75, 3.05) is 6.54 Å². The van der Waals surface area contributed by atoms with Gasteiger partial charge in [-0.1, -0.05) is 11.6 Å². The molecule has 2 N–H and O–H groups in total. The largest absolute Gasteiger partial charge is 0.360 e. The molecule has 0 bridgehead atoms. The lowest BCUT2D eigenvalue weighted by atomic mass is 10.1. The molecule has 0 spiro atoms. The number of halogens is 1. The van der Waals surface area contributed by atoms with Crippen molar-refractivity contribution in [3.63, 3.8) is 0 Å². The number of H-pyrrole nitrogens is 1. The molecule has 0 unspecified atom stereocenters. The Morgan fingerprint density at radius 1 is 1.41 bits per heavy atom. The van der Waals surface area contributed by atoms with Gasteiger partial charge in [0.2, 0.25) is 5.43 Å². The molecule has 0 radical (unpaired) electrons. The van der Waals surface area contributed by atoms with E-state index < -0.39 is 5.91 Å². The third-order valence-electron chi connectivity index (χ3n) is 3.30. The van der Waals surface area contributed by atoms with Crippen molar-refractivity contribution >= 4 is 28.4 Å². The first-order valence-electron chi connectivity index (χ1n) is 6.70. The van der Waals surface area contributed by atoms with Crippen LogP contribution in [0, 0.1) is 0 Å². The van der Waals surface area contributed by atoms with Gasteiger partial charge in [0, 0.05) is 42.1 Å². The average Bonchev–Trinajstić information content (AvgIpc) is 3.00. The lowest BCUT2D eigenvalue weighted by molar-refractivity contribution is 0.0951. The first kappa shape index (κ1) is 14.3. The van der Waals surface area contributed by atoms with Crippen LogP contribution in [0.15, 0.2) is 47.9 Å². The third kappa shape index (κ3) is 2.87. The Kier molecular flexibility index (Phi) is 3.93. The van der Waals surface area contributed by atoms with Crippen LogP contribution < -0.4 is 10.7 Å². The molecule has 3 aromatic rings. The van der Waals surface area contributed by atoms with Crippen molar-refractivity contribution in [3.8, 4) is 0 Å². The lowest BCUT2D eigenvalue weighted by Gasteiger charge is -2.06. The minimum atomic E-state index is -0.404. The fraction of sp³-hybridized carbons (Fsp3) is 0.133. The van der Waals surface area contributed by atoms with Crippen LogP contribution in [0.4, 0.5) is 0 Å². The van der Waals surface area contributed by atoms with Gasteiger partial charge in [-0.05, 0) is 18.2 Å². The Bertz CT molecular complexity index is 871. The number of imidazole rings is 1. The molecule has 0 fully saturated rings. The topological polar surface area (TPSA) is 79.8 Å². The minimum absolute atomic E-state index is 0.0838. The van der Waals surface area contributed by atoms with E-state index in [1.54, 1.807) is 36.9 Å². The van der Waals surface area contributed by atoms with Crippen LogP contribution in [0.25, 0.3) is 10.9 Å². The van der Waals surface area contributed by atoms with Gasteiger partial charge in [-0.25, -0.2) is 4.98 Å². The summed E-state index contributed by atoms with van der Waals surface area (Å²) in [5.74, 6) is -0.404. The number of pyridine rings is 1. The second-order valence-electron chi connectivity index (χ2n) is 4.78. The fourth-order valence-electron chi connectivity index (χ4n) is 2.18. The molecule has 7 heteroatoms. The predicted octanol–water partition coefficient (Wildman–Crippen LogP) is 1.81. The number of hydrogen-bond donors (Lipinski definition) is 2. The van der Waals surface area contributed by atoms with Crippen LogP contribution in [0.5, 0.6) is 0 Å². The molecule has 22 heavy (non-hydrogen) atoms. The van der Waals surface area contributed by atoms with Gasteiger partial charge in [0.1, 0.15) is 5.56 Å². The van der Waals surface area contributed by atoms with Crippen LogP contribution in [0.1, 0.15) is 10.4 Å². The van der Waals surface area contributed by atoms with E-state index in [0.29, 0.717) is 29.0 Å². The van der Waals surface area contributed by atoms with Gasteiger partial charge >= 0.3 is 0 Å². The van der Waals surface area contributed by atoms with Crippen molar-refractivity contribution in [2.45, 2.75) is 6.54 Å². The zero-order valence-corrected chi connectivity index (χ0v) is 12.3. The standard InChI is InChI=1S/C15H13ClN4O2/c16-10-1-2-11-13(7-10)19-8-12(14(11)21)15(22)18-4-6-20-5-3-17-9-20/h1-3,5,7-9H,4,6H2,(H,18,22)(H,19,21). The second-order valence-corrected chi connectivity index (χ2v) is 5.21. The molecular weight excluding hydrogens is 304 g/mol. The first-order valence-corrected chi connectivity index (χ1v) is 7.08. The molecule has 0 aliphatic heterocycles. The van der Waals surface area contributed by atoms with Crippen molar-refractivity contribution < 1.29 is 4.79 Å². The Morgan fingerprint density at radius 3 is 3.05 bits per heavy atom. The van der Waals surface area contributed by atoms with Crippen molar-refractivity contribution in [3.05, 3.63) is 63.9 Å². The molecule has 3 rings (SSSR count). The maximum absolute atomic E-state index is 12.3. The highest BCUT2D eigenvalue weighted by Gasteiger charge is 2.12. The Hall–Kier alpha value is -2.60. The van der Waals surface area contributed by atoms with E-state index in [4.69, 9.17) is 11.6 Å². The van der Waals surface area contributed by atoms with Crippen LogP contribution in [-0.2, 0) is 6.54 Å². The number of hydrogen-bond acceptors (Lipinski definition) is 3. The van der Waals surface area contributed by atoms with Crippen LogP contribution in [-0.4, -0.2) is 27.0 Å². The monoisotopic (exact) mass is 316 g/mol. The van der Waals surface area contributed by atoms with E-state index in [0.717, 1.165) is 0 Å². The van der Waals surface area contributed by atoms with Crippen molar-refractivity contribution in [2.24, 2.45) is 0 Å². The fourth-order valence-corrected chi connectivity index (χ4v) is 2.35. The third-order valence-corrected chi connectivity index (χ3v) is 3.54. The highest BCUT2D eigenvalue weighted by atomic mass is 35.5. The molecule has 6 nitrogen and oxygen atoms in total. The summed E-state index contributed by atoms with van der Waals surface area (Å²) >= 11 is 5.88. The molecule has 1 amide bonds. The summed E-state index contributed by atoms with van der Waals surface area (Å²) < 4.78 is 1.84. The van der Waals surface area contributed by atoms with E-state index in [1.807, 2.05) is 4.57 Å². The minimum Gasteiger partial charge on any atom is -0.360 e. The van der Waals surface area contributed by atoms with Gasteiger partial charge < -0.3 is 14.9 Å². The second kappa shape index (κ2) is 6.03. The summed E-state index contributed by atoms with van der Waals surface area (Å²) in [6.07, 6.45) is 6.55. The number of carbonyl (C=O) groups excluding carboxylic acids is 1. The molecule has 1 aromatic carbocycles. The zero-order chi connectivity index (χ0) is 15.5. The number of nitrogens with one attached hydrogen (secondary N) is 2. The summed E-state index contributed by atoms with van der Waals surface area (Å²) in [6.45, 7) is 1.00. The maximum atomic E-state index is 12.3. The Balaban J connectivity index is 1.77. The van der Waals surface area contributed by atoms with Crippen molar-refractivity contribution in [1.29, 1.82) is 0 Å². The number of amides is 1. The van der Waals surface area contributed by atoms with E-state index in [9.17, 15) is 9.59 Å². The number of benzene rings is 1. The van der Waals surface area contributed by atoms with Crippen LogP contribution in [0.3, 0.4) is 0 Å². The normalized spacial score (nSPS) is 10.8. The molecule has 0 saturated heterocycles. The van der Waals surface area contributed by atoms with Gasteiger partial charge in [0.15, 0.2) is 0 Å². The number of rotatable bonds is 4. The van der Waals surface area contributed by atoms with Gasteiger partial charge in [-0.3, -0.25) is 9.59 Å². The summed E-state index contributed by atoms with van der Waals surface area (Å²) in [5, 5.41) is 3.69. The molecular formula is C15H13ClN4O2. The van der Waals surface area contributed by atoms with Gasteiger partial charge in [0.25, 0.3) is 5.91 Å². The molecule has 0 saturated carbocycles. The van der Waals surface area contributed by atoms with Gasteiger partial charge in [0.05, 0.1) is 11.8 Å². The maximum Gasteiger partial charge on any atom is 0.256 e.